The van der Waals surface area contributed by atoms with Gasteiger partial charge in [0, 0.05) is 12.1 Å². The molecule has 1 heterocycles. The van der Waals surface area contributed by atoms with Gasteiger partial charge in [0.05, 0.1) is 5.75 Å². The van der Waals surface area contributed by atoms with Gasteiger partial charge in [-0.25, -0.2) is 13.6 Å². The second-order valence-electron chi connectivity index (χ2n) is 4.58. The molecule has 2 rings (SSSR count). The third-order valence-corrected chi connectivity index (χ3v) is 3.52. The number of furan rings is 1. The molecule has 0 saturated heterocycles. The Labute approximate surface area is 123 Å². The number of nitrogens with one attached hydrogen (secondary N) is 1. The summed E-state index contributed by atoms with van der Waals surface area (Å²) in [6.45, 7) is 1.93. The largest absolute Gasteiger partial charge is 0.456 e. The van der Waals surface area contributed by atoms with Crippen LogP contribution in [0.5, 0.6) is 0 Å². The zero-order valence-electron chi connectivity index (χ0n) is 11.5. The number of anilines is 1. The topological polar surface area (TPSA) is 102 Å². The second kappa shape index (κ2) is 6.11. The third-order valence-electron chi connectivity index (χ3n) is 2.79. The molecule has 0 bridgehead atoms. The predicted octanol–water partition coefficient (Wildman–Crippen LogP) is 1.88. The van der Waals surface area contributed by atoms with Crippen LogP contribution in [-0.4, -0.2) is 14.3 Å². The minimum Gasteiger partial charge on any atom is -0.456 e. The van der Waals surface area contributed by atoms with Crippen LogP contribution in [0.2, 0.25) is 0 Å². The summed E-state index contributed by atoms with van der Waals surface area (Å²) < 4.78 is 27.5. The van der Waals surface area contributed by atoms with Crippen LogP contribution in [0.25, 0.3) is 0 Å². The molecule has 0 aliphatic carbocycles. The zero-order valence-corrected chi connectivity index (χ0v) is 12.3. The zero-order chi connectivity index (χ0) is 15.5. The number of carbonyl (C=O) groups excluding carboxylic acids is 1. The molecule has 21 heavy (non-hydrogen) atoms. The number of hydrogen-bond acceptors (Lipinski definition) is 4. The highest BCUT2D eigenvalue weighted by Gasteiger charge is 2.12. The first-order valence-electron chi connectivity index (χ1n) is 6.37. The fraction of sp³-hybridized carbons (Fsp3) is 0.214. The highest BCUT2D eigenvalue weighted by atomic mass is 32.2. The summed E-state index contributed by atoms with van der Waals surface area (Å²) in [5, 5.41) is 7.65. The van der Waals surface area contributed by atoms with E-state index < -0.39 is 10.0 Å². The van der Waals surface area contributed by atoms with Gasteiger partial charge in [0.1, 0.15) is 5.76 Å². The highest BCUT2D eigenvalue weighted by molar-refractivity contribution is 7.88. The smallest absolute Gasteiger partial charge is 0.291 e. The normalized spacial score (nSPS) is 11.3. The molecule has 0 atom stereocenters. The lowest BCUT2D eigenvalue weighted by Gasteiger charge is -2.05. The van der Waals surface area contributed by atoms with Crippen molar-refractivity contribution in [3.05, 3.63) is 53.5 Å². The van der Waals surface area contributed by atoms with E-state index in [4.69, 9.17) is 9.56 Å². The summed E-state index contributed by atoms with van der Waals surface area (Å²) in [5.41, 5.74) is 0.986. The van der Waals surface area contributed by atoms with Gasteiger partial charge >= 0.3 is 0 Å². The molecule has 0 fully saturated rings. The van der Waals surface area contributed by atoms with E-state index in [0.717, 1.165) is 5.76 Å². The third kappa shape index (κ3) is 4.44. The number of carbonyl (C=O) groups is 1. The van der Waals surface area contributed by atoms with Crippen LogP contribution in [0.3, 0.4) is 0 Å². The highest BCUT2D eigenvalue weighted by Crippen LogP contribution is 2.15. The Hall–Kier alpha value is -2.12. The number of aryl methyl sites for hydroxylation is 1. The van der Waals surface area contributed by atoms with Crippen molar-refractivity contribution in [3.8, 4) is 0 Å². The van der Waals surface area contributed by atoms with Crippen molar-refractivity contribution >= 4 is 21.6 Å². The maximum atomic E-state index is 12.0. The van der Waals surface area contributed by atoms with Gasteiger partial charge in [-0.3, -0.25) is 4.79 Å². The van der Waals surface area contributed by atoms with Gasteiger partial charge in [0.15, 0.2) is 5.76 Å². The number of hydrogen-bond donors (Lipinski definition) is 2. The monoisotopic (exact) mass is 308 g/mol. The Balaban J connectivity index is 2.12. The lowest BCUT2D eigenvalue weighted by Crippen LogP contribution is -2.15. The van der Waals surface area contributed by atoms with E-state index in [1.54, 1.807) is 36.4 Å². The molecule has 6 nitrogen and oxygen atoms in total. The molecule has 1 amide bonds. The van der Waals surface area contributed by atoms with Crippen molar-refractivity contribution in [2.24, 2.45) is 5.14 Å². The number of amides is 1. The van der Waals surface area contributed by atoms with Crippen molar-refractivity contribution in [1.82, 2.24) is 0 Å². The van der Waals surface area contributed by atoms with Crippen LogP contribution in [0.4, 0.5) is 5.69 Å². The Morgan fingerprint density at radius 2 is 2.05 bits per heavy atom. The first-order chi connectivity index (χ1) is 9.87. The van der Waals surface area contributed by atoms with Crippen molar-refractivity contribution in [2.45, 2.75) is 19.1 Å². The molecule has 7 heteroatoms. The van der Waals surface area contributed by atoms with Crippen LogP contribution in [0, 0.1) is 0 Å². The van der Waals surface area contributed by atoms with Crippen LogP contribution in [0.1, 0.15) is 28.8 Å². The van der Waals surface area contributed by atoms with Crippen LogP contribution < -0.4 is 10.5 Å². The molecule has 0 saturated carbocycles. The molecule has 0 aliphatic heterocycles. The Bertz CT molecular complexity index is 750. The summed E-state index contributed by atoms with van der Waals surface area (Å²) in [6, 6.07) is 9.84. The molecular weight excluding hydrogens is 292 g/mol. The van der Waals surface area contributed by atoms with E-state index in [1.807, 2.05) is 6.92 Å². The molecule has 112 valence electrons. The number of primary sulfonamides is 1. The predicted molar refractivity (Wildman–Crippen MR) is 79.3 cm³/mol. The molecule has 0 aliphatic rings. The summed E-state index contributed by atoms with van der Waals surface area (Å²) in [4.78, 5) is 12.0. The fourth-order valence-corrected chi connectivity index (χ4v) is 2.50. The Morgan fingerprint density at radius 1 is 1.29 bits per heavy atom. The molecule has 0 radical (unpaired) electrons. The SMILES string of the molecule is CCc1ccc(C(=O)Nc2cccc(CS(N)(=O)=O)c2)o1. The molecule has 0 spiro atoms. The van der Waals surface area contributed by atoms with Crippen molar-refractivity contribution in [3.63, 3.8) is 0 Å². The lowest BCUT2D eigenvalue weighted by molar-refractivity contribution is 0.0995. The molecule has 1 aromatic heterocycles. The first kappa shape index (κ1) is 15.3. The van der Waals surface area contributed by atoms with Gasteiger partial charge in [-0.15, -0.1) is 0 Å². The van der Waals surface area contributed by atoms with Crippen molar-refractivity contribution < 1.29 is 17.6 Å². The average molecular weight is 308 g/mol. The Kier molecular flexibility index (Phi) is 4.44. The van der Waals surface area contributed by atoms with E-state index in [2.05, 4.69) is 5.32 Å². The summed E-state index contributed by atoms with van der Waals surface area (Å²) in [6.07, 6.45) is 0.705. The molecule has 1 aromatic carbocycles. The van der Waals surface area contributed by atoms with Crippen molar-refractivity contribution in [1.29, 1.82) is 0 Å². The number of sulfonamides is 1. The van der Waals surface area contributed by atoms with Gasteiger partial charge in [-0.05, 0) is 29.8 Å². The minimum absolute atomic E-state index is 0.212. The van der Waals surface area contributed by atoms with E-state index in [-0.39, 0.29) is 17.4 Å². The molecule has 0 unspecified atom stereocenters. The standard InChI is InChI=1S/C14H16N2O4S/c1-2-12-6-7-13(20-12)14(17)16-11-5-3-4-10(8-11)9-21(15,18)19/h3-8H,2,9H2,1H3,(H,16,17)(H2,15,18,19). The number of nitrogens with two attached hydrogens (primary N) is 1. The number of rotatable bonds is 5. The average Bonchev–Trinajstić information content (AvgIpc) is 2.85. The minimum atomic E-state index is -3.61. The van der Waals surface area contributed by atoms with Gasteiger partial charge in [0.25, 0.3) is 5.91 Å². The van der Waals surface area contributed by atoms with E-state index in [1.165, 1.54) is 0 Å². The summed E-state index contributed by atoms with van der Waals surface area (Å²) in [7, 11) is -3.61. The maximum absolute atomic E-state index is 12.0. The van der Waals surface area contributed by atoms with Crippen LogP contribution in [-0.2, 0) is 22.2 Å². The van der Waals surface area contributed by atoms with Gasteiger partial charge in [-0.2, -0.15) is 0 Å². The quantitative estimate of drug-likeness (QED) is 0.880. The van der Waals surface area contributed by atoms with E-state index in [9.17, 15) is 13.2 Å². The summed E-state index contributed by atoms with van der Waals surface area (Å²) in [5.74, 6) is 0.270. The van der Waals surface area contributed by atoms with E-state index in [0.29, 0.717) is 17.7 Å². The summed E-state index contributed by atoms with van der Waals surface area (Å²) >= 11 is 0. The maximum Gasteiger partial charge on any atom is 0.291 e. The van der Waals surface area contributed by atoms with Gasteiger partial charge in [0.2, 0.25) is 10.0 Å². The van der Waals surface area contributed by atoms with E-state index >= 15 is 0 Å². The van der Waals surface area contributed by atoms with Gasteiger partial charge in [-0.1, -0.05) is 19.1 Å². The van der Waals surface area contributed by atoms with Crippen LogP contribution >= 0.6 is 0 Å². The lowest BCUT2D eigenvalue weighted by atomic mass is 10.2. The molecule has 2 aromatic rings. The second-order valence-corrected chi connectivity index (χ2v) is 6.20. The van der Waals surface area contributed by atoms with Crippen molar-refractivity contribution in [2.75, 3.05) is 5.32 Å². The van der Waals surface area contributed by atoms with Gasteiger partial charge < -0.3 is 9.73 Å². The fourth-order valence-electron chi connectivity index (χ4n) is 1.85. The number of benzene rings is 1. The molecular formula is C14H16N2O4S. The molecule has 3 N–H and O–H groups in total. The first-order valence-corrected chi connectivity index (χ1v) is 8.08. The Morgan fingerprint density at radius 3 is 2.67 bits per heavy atom. The van der Waals surface area contributed by atoms with Crippen LogP contribution in [0.15, 0.2) is 40.8 Å².